The van der Waals surface area contributed by atoms with Crippen LogP contribution in [-0.4, -0.2) is 24.5 Å². The number of anilines is 2. The second kappa shape index (κ2) is 9.05. The lowest BCUT2D eigenvalue weighted by atomic mass is 10.1. The molecule has 6 heteroatoms. The third-order valence-electron chi connectivity index (χ3n) is 3.99. The molecule has 1 amide bonds. The van der Waals surface area contributed by atoms with Crippen molar-refractivity contribution in [3.05, 3.63) is 83.1 Å². The number of halogens is 1. The average Bonchev–Trinajstić information content (AvgIpc) is 2.69. The zero-order chi connectivity index (χ0) is 19.1. The third-order valence-corrected chi connectivity index (χ3v) is 4.28. The fourth-order valence-corrected chi connectivity index (χ4v) is 2.86. The number of hydrogen-bond donors (Lipinski definition) is 2. The normalized spacial score (nSPS) is 10.3. The quantitative estimate of drug-likeness (QED) is 0.625. The van der Waals surface area contributed by atoms with Crippen molar-refractivity contribution in [2.24, 2.45) is 0 Å². The number of ether oxygens (including phenoxy) is 1. The van der Waals surface area contributed by atoms with Crippen molar-refractivity contribution in [3.63, 3.8) is 0 Å². The number of nitrogens with zero attached hydrogens (tertiary/aromatic N) is 1. The number of methoxy groups -OCH3 is 1. The van der Waals surface area contributed by atoms with Crippen LogP contribution in [0.5, 0.6) is 5.75 Å². The fraction of sp³-hybridized carbons (Fsp3) is 0.143. The molecule has 0 bridgehead atoms. The molecule has 0 aliphatic carbocycles. The van der Waals surface area contributed by atoms with Crippen molar-refractivity contribution < 1.29 is 9.53 Å². The van der Waals surface area contributed by atoms with Crippen LogP contribution in [-0.2, 0) is 6.42 Å². The predicted molar refractivity (Wildman–Crippen MR) is 109 cm³/mol. The summed E-state index contributed by atoms with van der Waals surface area (Å²) in [5, 5.41) is 6.54. The monoisotopic (exact) mass is 381 g/mol. The number of hydrogen-bond acceptors (Lipinski definition) is 4. The molecule has 3 rings (SSSR count). The molecule has 0 aliphatic rings. The maximum Gasteiger partial charge on any atom is 0.274 e. The van der Waals surface area contributed by atoms with E-state index in [-0.39, 0.29) is 5.91 Å². The van der Waals surface area contributed by atoms with E-state index in [1.54, 1.807) is 37.6 Å². The maximum absolute atomic E-state index is 12.5. The zero-order valence-corrected chi connectivity index (χ0v) is 15.7. The minimum Gasteiger partial charge on any atom is -0.495 e. The van der Waals surface area contributed by atoms with Crippen molar-refractivity contribution in [2.75, 3.05) is 24.3 Å². The summed E-state index contributed by atoms with van der Waals surface area (Å²) in [6.07, 6.45) is 2.51. The molecule has 0 radical (unpaired) electrons. The van der Waals surface area contributed by atoms with Gasteiger partial charge in [0.25, 0.3) is 5.91 Å². The molecule has 1 aromatic heterocycles. The first-order valence-electron chi connectivity index (χ1n) is 8.54. The lowest BCUT2D eigenvalue weighted by Crippen LogP contribution is -2.14. The molecule has 0 fully saturated rings. The molecule has 5 nitrogen and oxygen atoms in total. The van der Waals surface area contributed by atoms with Crippen molar-refractivity contribution in [2.45, 2.75) is 6.42 Å². The Balaban J connectivity index is 1.60. The van der Waals surface area contributed by atoms with Crippen LogP contribution >= 0.6 is 11.6 Å². The Morgan fingerprint density at radius 3 is 2.63 bits per heavy atom. The van der Waals surface area contributed by atoms with Gasteiger partial charge in [-0.15, -0.1) is 0 Å². The van der Waals surface area contributed by atoms with Crippen molar-refractivity contribution in [1.29, 1.82) is 0 Å². The molecule has 3 aromatic rings. The summed E-state index contributed by atoms with van der Waals surface area (Å²) in [7, 11) is 1.54. The summed E-state index contributed by atoms with van der Waals surface area (Å²) in [6.45, 7) is 0.767. The molecule has 1 heterocycles. The van der Waals surface area contributed by atoms with E-state index in [0.29, 0.717) is 22.2 Å². The largest absolute Gasteiger partial charge is 0.495 e. The summed E-state index contributed by atoms with van der Waals surface area (Å²) in [6, 6.07) is 18.9. The molecular weight excluding hydrogens is 362 g/mol. The Labute approximate surface area is 163 Å². The summed E-state index contributed by atoms with van der Waals surface area (Å²) < 4.78 is 5.11. The van der Waals surface area contributed by atoms with Crippen molar-refractivity contribution in [3.8, 4) is 5.75 Å². The molecule has 138 valence electrons. The average molecular weight is 382 g/mol. The van der Waals surface area contributed by atoms with E-state index in [2.05, 4.69) is 27.8 Å². The van der Waals surface area contributed by atoms with Gasteiger partial charge in [-0.25, -0.2) is 0 Å². The molecule has 2 N–H and O–H groups in total. The van der Waals surface area contributed by atoms with E-state index >= 15 is 0 Å². The number of carbonyl (C=O) groups is 1. The lowest BCUT2D eigenvalue weighted by Gasteiger charge is -2.10. The minimum absolute atomic E-state index is 0.303. The van der Waals surface area contributed by atoms with Gasteiger partial charge >= 0.3 is 0 Å². The molecule has 0 unspecified atom stereocenters. The standard InChI is InChI=1S/C21H20ClN3O2/c1-27-20-8-7-17(13-18(20)22)25-21(26)19-14-16(10-12-24-19)23-11-9-15-5-3-2-4-6-15/h2-8,10,12-14H,9,11H2,1H3,(H,23,24)(H,25,26). The highest BCUT2D eigenvalue weighted by atomic mass is 35.5. The molecule has 2 aromatic carbocycles. The number of amides is 1. The van der Waals surface area contributed by atoms with Crippen molar-refractivity contribution >= 4 is 28.9 Å². The smallest absolute Gasteiger partial charge is 0.274 e. The molecule has 0 saturated heterocycles. The van der Waals surface area contributed by atoms with Crippen LogP contribution in [0.25, 0.3) is 0 Å². The van der Waals surface area contributed by atoms with Gasteiger partial charge in [0, 0.05) is 24.1 Å². The van der Waals surface area contributed by atoms with Gasteiger partial charge in [-0.05, 0) is 42.3 Å². The highest BCUT2D eigenvalue weighted by molar-refractivity contribution is 6.32. The van der Waals surface area contributed by atoms with Crippen LogP contribution < -0.4 is 15.4 Å². The number of aromatic nitrogens is 1. The molecule has 0 spiro atoms. The highest BCUT2D eigenvalue weighted by Gasteiger charge is 2.10. The SMILES string of the molecule is COc1ccc(NC(=O)c2cc(NCCc3ccccc3)ccn2)cc1Cl. The second-order valence-corrected chi connectivity index (χ2v) is 6.30. The Kier molecular flexibility index (Phi) is 6.28. The Morgan fingerprint density at radius 1 is 1.07 bits per heavy atom. The first-order valence-corrected chi connectivity index (χ1v) is 8.92. The molecule has 0 atom stereocenters. The van der Waals surface area contributed by atoms with Crippen LogP contribution in [0.1, 0.15) is 16.1 Å². The highest BCUT2D eigenvalue weighted by Crippen LogP contribution is 2.27. The summed E-state index contributed by atoms with van der Waals surface area (Å²) in [5.74, 6) is 0.250. The van der Waals surface area contributed by atoms with Crippen LogP contribution in [0.3, 0.4) is 0 Å². The number of carbonyl (C=O) groups excluding carboxylic acids is 1. The topological polar surface area (TPSA) is 63.2 Å². The number of rotatable bonds is 7. The Morgan fingerprint density at radius 2 is 1.89 bits per heavy atom. The summed E-state index contributed by atoms with van der Waals surface area (Å²) in [4.78, 5) is 16.6. The van der Waals surface area contributed by atoms with Gasteiger partial charge in [-0.3, -0.25) is 9.78 Å². The van der Waals surface area contributed by atoms with Gasteiger partial charge < -0.3 is 15.4 Å². The summed E-state index contributed by atoms with van der Waals surface area (Å²) in [5.41, 5.74) is 3.01. The van der Waals surface area contributed by atoms with Gasteiger partial charge in [0.1, 0.15) is 11.4 Å². The van der Waals surface area contributed by atoms with Crippen LogP contribution in [0.15, 0.2) is 66.9 Å². The molecular formula is C21H20ClN3O2. The zero-order valence-electron chi connectivity index (χ0n) is 14.9. The molecule has 0 aliphatic heterocycles. The first kappa shape index (κ1) is 18.7. The number of nitrogens with one attached hydrogen (secondary N) is 2. The fourth-order valence-electron chi connectivity index (χ4n) is 2.60. The van der Waals surface area contributed by atoms with E-state index in [9.17, 15) is 4.79 Å². The summed E-state index contributed by atoms with van der Waals surface area (Å²) >= 11 is 6.09. The van der Waals surface area contributed by atoms with E-state index in [1.807, 2.05) is 24.3 Å². The van der Waals surface area contributed by atoms with Crippen LogP contribution in [0.2, 0.25) is 5.02 Å². The van der Waals surface area contributed by atoms with Crippen LogP contribution in [0, 0.1) is 0 Å². The molecule has 0 saturated carbocycles. The predicted octanol–water partition coefficient (Wildman–Crippen LogP) is 4.65. The van der Waals surface area contributed by atoms with E-state index in [0.717, 1.165) is 18.7 Å². The van der Waals surface area contributed by atoms with E-state index < -0.39 is 0 Å². The van der Waals surface area contributed by atoms with E-state index in [1.165, 1.54) is 5.56 Å². The third kappa shape index (κ3) is 5.21. The lowest BCUT2D eigenvalue weighted by molar-refractivity contribution is 0.102. The second-order valence-electron chi connectivity index (χ2n) is 5.90. The number of pyridine rings is 1. The minimum atomic E-state index is -0.303. The Bertz CT molecular complexity index is 916. The number of benzene rings is 2. The van der Waals surface area contributed by atoms with Gasteiger partial charge in [0.15, 0.2) is 0 Å². The van der Waals surface area contributed by atoms with Crippen molar-refractivity contribution in [1.82, 2.24) is 4.98 Å². The first-order chi connectivity index (χ1) is 13.2. The van der Waals surface area contributed by atoms with E-state index in [4.69, 9.17) is 16.3 Å². The maximum atomic E-state index is 12.5. The van der Waals surface area contributed by atoms with Gasteiger partial charge in [-0.2, -0.15) is 0 Å². The van der Waals surface area contributed by atoms with Gasteiger partial charge in [0.05, 0.1) is 12.1 Å². The van der Waals surface area contributed by atoms with Gasteiger partial charge in [0.2, 0.25) is 0 Å². The molecule has 27 heavy (non-hydrogen) atoms. The van der Waals surface area contributed by atoms with Crippen LogP contribution in [0.4, 0.5) is 11.4 Å². The Hall–Kier alpha value is -3.05. The van der Waals surface area contributed by atoms with Gasteiger partial charge in [-0.1, -0.05) is 41.9 Å².